The number of benzene rings is 2. The second-order valence-corrected chi connectivity index (χ2v) is 6.34. The molecule has 0 saturated carbocycles. The van der Waals surface area contributed by atoms with Gasteiger partial charge in [-0.25, -0.2) is 4.39 Å². The Balaban J connectivity index is 2.35. The van der Waals surface area contributed by atoms with Crippen molar-refractivity contribution in [3.05, 3.63) is 61.2 Å². The first-order chi connectivity index (χ1) is 9.38. The number of carbonyl (C=O) groups is 1. The van der Waals surface area contributed by atoms with Crippen molar-refractivity contribution in [2.45, 2.75) is 6.92 Å². The zero-order valence-electron chi connectivity index (χ0n) is 10.3. The minimum absolute atomic E-state index is 0.137. The van der Waals surface area contributed by atoms with Gasteiger partial charge in [0.1, 0.15) is 5.82 Å². The molecular formula is C14H9Br2ClFNO. The van der Waals surface area contributed by atoms with Crippen LogP contribution in [0.5, 0.6) is 0 Å². The Morgan fingerprint density at radius 3 is 2.60 bits per heavy atom. The second-order valence-electron chi connectivity index (χ2n) is 4.16. The van der Waals surface area contributed by atoms with Crippen LogP contribution < -0.4 is 5.32 Å². The van der Waals surface area contributed by atoms with Gasteiger partial charge in [-0.1, -0.05) is 33.6 Å². The lowest BCUT2D eigenvalue weighted by Gasteiger charge is -2.11. The summed E-state index contributed by atoms with van der Waals surface area (Å²) in [6, 6.07) is 7.80. The van der Waals surface area contributed by atoms with Crippen LogP contribution in [0.2, 0.25) is 5.02 Å². The van der Waals surface area contributed by atoms with E-state index in [0.717, 1.165) is 16.1 Å². The molecule has 0 atom stereocenters. The molecule has 0 unspecified atom stereocenters. The van der Waals surface area contributed by atoms with E-state index in [1.165, 1.54) is 6.07 Å². The van der Waals surface area contributed by atoms with E-state index in [4.69, 9.17) is 11.6 Å². The molecule has 0 heterocycles. The highest BCUT2D eigenvalue weighted by Gasteiger charge is 2.14. The third kappa shape index (κ3) is 3.40. The van der Waals surface area contributed by atoms with Crippen molar-refractivity contribution < 1.29 is 9.18 Å². The first kappa shape index (κ1) is 15.5. The number of hydrogen-bond donors (Lipinski definition) is 1. The maximum Gasteiger partial charge on any atom is 0.256 e. The number of halogens is 4. The zero-order chi connectivity index (χ0) is 14.9. The highest BCUT2D eigenvalue weighted by molar-refractivity contribution is 9.10. The number of anilines is 1. The van der Waals surface area contributed by atoms with Gasteiger partial charge < -0.3 is 5.32 Å². The minimum atomic E-state index is -0.474. The van der Waals surface area contributed by atoms with Crippen molar-refractivity contribution in [2.75, 3.05) is 5.32 Å². The maximum absolute atomic E-state index is 13.2. The molecule has 20 heavy (non-hydrogen) atoms. The number of nitrogens with one attached hydrogen (secondary N) is 1. The Kier molecular flexibility index (Phi) is 4.83. The maximum atomic E-state index is 13.2. The van der Waals surface area contributed by atoms with Crippen LogP contribution in [-0.4, -0.2) is 5.91 Å². The SMILES string of the molecule is Cc1ccc(Br)cc1C(=O)Nc1c(Cl)cc(F)cc1Br. The van der Waals surface area contributed by atoms with Gasteiger partial charge in [0.2, 0.25) is 0 Å². The monoisotopic (exact) mass is 419 g/mol. The Hall–Kier alpha value is -0.910. The summed E-state index contributed by atoms with van der Waals surface area (Å²) in [7, 11) is 0. The van der Waals surface area contributed by atoms with E-state index in [1.54, 1.807) is 6.07 Å². The summed E-state index contributed by atoms with van der Waals surface area (Å²) in [5.74, 6) is -0.781. The molecule has 104 valence electrons. The molecule has 0 spiro atoms. The minimum Gasteiger partial charge on any atom is -0.320 e. The summed E-state index contributed by atoms with van der Waals surface area (Å²) in [6.45, 7) is 1.84. The van der Waals surface area contributed by atoms with Crippen molar-refractivity contribution in [2.24, 2.45) is 0 Å². The number of hydrogen-bond acceptors (Lipinski definition) is 1. The second kappa shape index (κ2) is 6.24. The number of amides is 1. The lowest BCUT2D eigenvalue weighted by molar-refractivity contribution is 0.102. The molecule has 1 amide bonds. The van der Waals surface area contributed by atoms with Crippen LogP contribution >= 0.6 is 43.5 Å². The standard InChI is InChI=1S/C14H9Br2ClFNO/c1-7-2-3-8(15)4-10(7)14(20)19-13-11(16)5-9(18)6-12(13)17/h2-6H,1H3,(H,19,20). The Bertz CT molecular complexity index is 668. The molecule has 2 rings (SSSR count). The highest BCUT2D eigenvalue weighted by atomic mass is 79.9. The molecule has 1 N–H and O–H groups in total. The van der Waals surface area contributed by atoms with Crippen LogP contribution in [0, 0.1) is 12.7 Å². The van der Waals surface area contributed by atoms with Crippen molar-refractivity contribution in [1.29, 1.82) is 0 Å². The summed E-state index contributed by atoms with van der Waals surface area (Å²) in [6.07, 6.45) is 0. The lowest BCUT2D eigenvalue weighted by atomic mass is 10.1. The van der Waals surface area contributed by atoms with Gasteiger partial charge in [0.15, 0.2) is 0 Å². The Labute approximate surface area is 137 Å². The molecular weight excluding hydrogens is 412 g/mol. The van der Waals surface area contributed by atoms with Crippen molar-refractivity contribution >= 4 is 55.1 Å². The van der Waals surface area contributed by atoms with Crippen LogP contribution in [0.3, 0.4) is 0 Å². The van der Waals surface area contributed by atoms with Gasteiger partial charge >= 0.3 is 0 Å². The molecule has 0 aliphatic heterocycles. The van der Waals surface area contributed by atoms with Gasteiger partial charge in [-0.05, 0) is 52.7 Å². The van der Waals surface area contributed by atoms with E-state index < -0.39 is 5.82 Å². The molecule has 0 aromatic heterocycles. The number of aryl methyl sites for hydroxylation is 1. The van der Waals surface area contributed by atoms with Gasteiger partial charge in [0, 0.05) is 14.5 Å². The average molecular weight is 421 g/mol. The van der Waals surface area contributed by atoms with Gasteiger partial charge in [-0.15, -0.1) is 0 Å². The Morgan fingerprint density at radius 1 is 1.25 bits per heavy atom. The van der Waals surface area contributed by atoms with E-state index in [-0.39, 0.29) is 10.9 Å². The van der Waals surface area contributed by atoms with Gasteiger partial charge in [-0.2, -0.15) is 0 Å². The molecule has 0 fully saturated rings. The summed E-state index contributed by atoms with van der Waals surface area (Å²) in [5, 5.41) is 2.82. The molecule has 0 aliphatic rings. The fraction of sp³-hybridized carbons (Fsp3) is 0.0714. The van der Waals surface area contributed by atoms with Gasteiger partial charge in [0.25, 0.3) is 5.91 Å². The fourth-order valence-electron chi connectivity index (χ4n) is 1.68. The van der Waals surface area contributed by atoms with E-state index >= 15 is 0 Å². The smallest absolute Gasteiger partial charge is 0.256 e. The molecule has 2 aromatic rings. The summed E-state index contributed by atoms with van der Waals surface area (Å²) in [4.78, 5) is 12.3. The molecule has 0 aliphatic carbocycles. The third-order valence-electron chi connectivity index (χ3n) is 2.69. The van der Waals surface area contributed by atoms with Crippen LogP contribution in [0.4, 0.5) is 10.1 Å². The largest absolute Gasteiger partial charge is 0.320 e. The van der Waals surface area contributed by atoms with E-state index in [2.05, 4.69) is 37.2 Å². The lowest BCUT2D eigenvalue weighted by Crippen LogP contribution is -2.14. The van der Waals surface area contributed by atoms with E-state index in [0.29, 0.717) is 15.7 Å². The van der Waals surface area contributed by atoms with Crippen LogP contribution in [0.1, 0.15) is 15.9 Å². The molecule has 0 bridgehead atoms. The van der Waals surface area contributed by atoms with Crippen LogP contribution in [0.25, 0.3) is 0 Å². The number of carbonyl (C=O) groups excluding carboxylic acids is 1. The predicted molar refractivity (Wildman–Crippen MR) is 85.9 cm³/mol. The zero-order valence-corrected chi connectivity index (χ0v) is 14.2. The van der Waals surface area contributed by atoms with Crippen molar-refractivity contribution in [3.8, 4) is 0 Å². The summed E-state index contributed by atoms with van der Waals surface area (Å²) < 4.78 is 14.3. The molecule has 2 nitrogen and oxygen atoms in total. The summed E-state index contributed by atoms with van der Waals surface area (Å²) >= 11 is 12.5. The van der Waals surface area contributed by atoms with Gasteiger partial charge in [0.05, 0.1) is 10.7 Å². The first-order valence-electron chi connectivity index (χ1n) is 5.60. The van der Waals surface area contributed by atoms with E-state index in [9.17, 15) is 9.18 Å². The average Bonchev–Trinajstić information content (AvgIpc) is 2.36. The molecule has 2 aromatic carbocycles. The first-order valence-corrected chi connectivity index (χ1v) is 7.57. The summed E-state index contributed by atoms with van der Waals surface area (Å²) in [5.41, 5.74) is 1.70. The molecule has 0 saturated heterocycles. The Morgan fingerprint density at radius 2 is 1.95 bits per heavy atom. The van der Waals surface area contributed by atoms with E-state index in [1.807, 2.05) is 19.1 Å². The predicted octanol–water partition coefficient (Wildman–Crippen LogP) is 5.56. The topological polar surface area (TPSA) is 29.1 Å². The normalized spacial score (nSPS) is 10.4. The van der Waals surface area contributed by atoms with Crippen molar-refractivity contribution in [1.82, 2.24) is 0 Å². The van der Waals surface area contributed by atoms with Crippen LogP contribution in [0.15, 0.2) is 39.3 Å². The number of rotatable bonds is 2. The third-order valence-corrected chi connectivity index (χ3v) is 4.11. The van der Waals surface area contributed by atoms with Gasteiger partial charge in [-0.3, -0.25) is 4.79 Å². The molecule has 6 heteroatoms. The van der Waals surface area contributed by atoms with Crippen molar-refractivity contribution in [3.63, 3.8) is 0 Å². The quantitative estimate of drug-likeness (QED) is 0.675. The van der Waals surface area contributed by atoms with Crippen LogP contribution in [-0.2, 0) is 0 Å². The fourth-order valence-corrected chi connectivity index (χ4v) is 2.94. The highest BCUT2D eigenvalue weighted by Crippen LogP contribution is 2.32. The molecule has 0 radical (unpaired) electrons.